The van der Waals surface area contributed by atoms with Crippen molar-refractivity contribution in [3.05, 3.63) is 41.8 Å². The SMILES string of the molecule is COCCCNc1nc(C)cc(N2CCN(c3ccccc3F)CC2)n1. The number of ether oxygens (including phenoxy) is 1. The molecule has 7 heteroatoms. The molecule has 0 radical (unpaired) electrons. The van der Waals surface area contributed by atoms with Crippen LogP contribution in [0.4, 0.5) is 21.8 Å². The largest absolute Gasteiger partial charge is 0.385 e. The van der Waals surface area contributed by atoms with Crippen molar-refractivity contribution in [1.29, 1.82) is 0 Å². The van der Waals surface area contributed by atoms with Crippen LogP contribution in [0, 0.1) is 12.7 Å². The molecule has 6 nitrogen and oxygen atoms in total. The zero-order valence-electron chi connectivity index (χ0n) is 15.4. The fourth-order valence-electron chi connectivity index (χ4n) is 3.09. The zero-order valence-corrected chi connectivity index (χ0v) is 15.4. The number of nitrogens with one attached hydrogen (secondary N) is 1. The minimum atomic E-state index is -0.165. The Morgan fingerprint density at radius 1 is 1.12 bits per heavy atom. The Bertz CT molecular complexity index is 719. The topological polar surface area (TPSA) is 53.5 Å². The number of aryl methyl sites for hydroxylation is 1. The van der Waals surface area contributed by atoms with Crippen molar-refractivity contribution in [2.24, 2.45) is 0 Å². The van der Waals surface area contributed by atoms with Crippen LogP contribution in [0.2, 0.25) is 0 Å². The van der Waals surface area contributed by atoms with Gasteiger partial charge in [0.2, 0.25) is 5.95 Å². The number of rotatable bonds is 7. The van der Waals surface area contributed by atoms with Gasteiger partial charge in [0.1, 0.15) is 11.6 Å². The summed E-state index contributed by atoms with van der Waals surface area (Å²) in [4.78, 5) is 13.4. The lowest BCUT2D eigenvalue weighted by molar-refractivity contribution is 0.197. The summed E-state index contributed by atoms with van der Waals surface area (Å²) >= 11 is 0. The van der Waals surface area contributed by atoms with Crippen molar-refractivity contribution in [2.45, 2.75) is 13.3 Å². The number of nitrogens with zero attached hydrogens (tertiary/aromatic N) is 4. The van der Waals surface area contributed by atoms with Gasteiger partial charge < -0.3 is 19.9 Å². The molecule has 0 bridgehead atoms. The minimum Gasteiger partial charge on any atom is -0.385 e. The summed E-state index contributed by atoms with van der Waals surface area (Å²) < 4.78 is 19.0. The molecule has 2 aromatic rings. The average molecular weight is 359 g/mol. The maximum absolute atomic E-state index is 14.0. The van der Waals surface area contributed by atoms with E-state index in [4.69, 9.17) is 4.74 Å². The van der Waals surface area contributed by atoms with E-state index in [1.54, 1.807) is 13.2 Å². The van der Waals surface area contributed by atoms with Gasteiger partial charge in [-0.3, -0.25) is 0 Å². The second-order valence-electron chi connectivity index (χ2n) is 6.39. The van der Waals surface area contributed by atoms with E-state index < -0.39 is 0 Å². The number of benzene rings is 1. The standard InChI is InChI=1S/C19H26FN5O/c1-15-14-18(23-19(22-15)21-8-5-13-26-2)25-11-9-24(10-12-25)17-7-4-3-6-16(17)20/h3-4,6-7,14H,5,8-13H2,1-2H3,(H,21,22,23). The third-order valence-corrected chi connectivity index (χ3v) is 4.45. The van der Waals surface area contributed by atoms with Crippen molar-refractivity contribution >= 4 is 17.5 Å². The first-order valence-corrected chi connectivity index (χ1v) is 9.00. The molecule has 1 aromatic heterocycles. The monoisotopic (exact) mass is 359 g/mol. The number of halogens is 1. The first kappa shape index (κ1) is 18.4. The van der Waals surface area contributed by atoms with Crippen LogP contribution in [0.5, 0.6) is 0 Å². The molecule has 1 N–H and O–H groups in total. The molecular formula is C19H26FN5O. The maximum Gasteiger partial charge on any atom is 0.224 e. The van der Waals surface area contributed by atoms with E-state index in [-0.39, 0.29) is 5.82 Å². The number of aromatic nitrogens is 2. The highest BCUT2D eigenvalue weighted by Gasteiger charge is 2.20. The Balaban J connectivity index is 1.62. The van der Waals surface area contributed by atoms with Crippen molar-refractivity contribution in [3.8, 4) is 0 Å². The van der Waals surface area contributed by atoms with Crippen LogP contribution in [0.15, 0.2) is 30.3 Å². The molecule has 0 amide bonds. The number of hydrogen-bond acceptors (Lipinski definition) is 6. The molecule has 1 saturated heterocycles. The number of anilines is 3. The van der Waals surface area contributed by atoms with Crippen molar-refractivity contribution in [3.63, 3.8) is 0 Å². The fraction of sp³-hybridized carbons (Fsp3) is 0.474. The molecule has 0 unspecified atom stereocenters. The molecule has 1 fully saturated rings. The van der Waals surface area contributed by atoms with Gasteiger partial charge in [0, 0.05) is 58.2 Å². The first-order chi connectivity index (χ1) is 12.7. The number of piperazine rings is 1. The summed E-state index contributed by atoms with van der Waals surface area (Å²) in [7, 11) is 1.70. The Labute approximate surface area is 154 Å². The van der Waals surface area contributed by atoms with Gasteiger partial charge in [-0.2, -0.15) is 4.98 Å². The normalized spacial score (nSPS) is 14.6. The van der Waals surface area contributed by atoms with Gasteiger partial charge >= 0.3 is 0 Å². The summed E-state index contributed by atoms with van der Waals surface area (Å²) in [6.45, 7) is 6.59. The molecule has 3 rings (SSSR count). The number of hydrogen-bond donors (Lipinski definition) is 1. The van der Waals surface area contributed by atoms with Gasteiger partial charge in [-0.1, -0.05) is 12.1 Å². The van der Waals surface area contributed by atoms with E-state index >= 15 is 0 Å². The molecular weight excluding hydrogens is 333 g/mol. The van der Waals surface area contributed by atoms with E-state index in [1.165, 1.54) is 6.07 Å². The molecule has 1 aliphatic heterocycles. The van der Waals surface area contributed by atoms with Crippen molar-refractivity contribution < 1.29 is 9.13 Å². The average Bonchev–Trinajstić information content (AvgIpc) is 2.65. The predicted molar refractivity (Wildman–Crippen MR) is 103 cm³/mol. The Hall–Kier alpha value is -2.41. The number of para-hydroxylation sites is 1. The predicted octanol–water partition coefficient (Wildman–Crippen LogP) is 2.70. The quantitative estimate of drug-likeness (QED) is 0.767. The van der Waals surface area contributed by atoms with Crippen LogP contribution in [-0.2, 0) is 4.74 Å². The summed E-state index contributed by atoms with van der Waals surface area (Å²) in [5.74, 6) is 1.40. The molecule has 140 valence electrons. The lowest BCUT2D eigenvalue weighted by Gasteiger charge is -2.37. The van der Waals surface area contributed by atoms with E-state index in [0.717, 1.165) is 50.7 Å². The van der Waals surface area contributed by atoms with Crippen LogP contribution < -0.4 is 15.1 Å². The summed E-state index contributed by atoms with van der Waals surface area (Å²) in [6, 6.07) is 8.94. The molecule has 2 heterocycles. The summed E-state index contributed by atoms with van der Waals surface area (Å²) in [5.41, 5.74) is 1.60. The van der Waals surface area contributed by atoms with Gasteiger partial charge in [0.05, 0.1) is 5.69 Å². The van der Waals surface area contributed by atoms with Gasteiger partial charge in [-0.05, 0) is 25.5 Å². The lowest BCUT2D eigenvalue weighted by Crippen LogP contribution is -2.47. The highest BCUT2D eigenvalue weighted by atomic mass is 19.1. The molecule has 26 heavy (non-hydrogen) atoms. The fourth-order valence-corrected chi connectivity index (χ4v) is 3.09. The lowest BCUT2D eigenvalue weighted by atomic mass is 10.2. The van der Waals surface area contributed by atoms with Gasteiger partial charge in [0.15, 0.2) is 0 Å². The Kier molecular flexibility index (Phi) is 6.22. The molecule has 0 spiro atoms. The van der Waals surface area contributed by atoms with Gasteiger partial charge in [0.25, 0.3) is 0 Å². The highest BCUT2D eigenvalue weighted by molar-refractivity contribution is 5.51. The Morgan fingerprint density at radius 3 is 2.58 bits per heavy atom. The van der Waals surface area contributed by atoms with Crippen molar-refractivity contribution in [1.82, 2.24) is 9.97 Å². The van der Waals surface area contributed by atoms with Gasteiger partial charge in [-0.15, -0.1) is 0 Å². The van der Waals surface area contributed by atoms with E-state index in [1.807, 2.05) is 25.1 Å². The third-order valence-electron chi connectivity index (χ3n) is 4.45. The van der Waals surface area contributed by atoms with Crippen LogP contribution in [0.1, 0.15) is 12.1 Å². The summed E-state index contributed by atoms with van der Waals surface area (Å²) in [5, 5.41) is 3.25. The molecule has 0 aliphatic carbocycles. The zero-order chi connectivity index (χ0) is 18.4. The third kappa shape index (κ3) is 4.60. The molecule has 0 atom stereocenters. The molecule has 1 aliphatic rings. The first-order valence-electron chi connectivity index (χ1n) is 9.00. The minimum absolute atomic E-state index is 0.165. The maximum atomic E-state index is 14.0. The second-order valence-corrected chi connectivity index (χ2v) is 6.39. The van der Waals surface area contributed by atoms with Crippen LogP contribution in [0.25, 0.3) is 0 Å². The van der Waals surface area contributed by atoms with E-state index in [9.17, 15) is 4.39 Å². The number of methoxy groups -OCH3 is 1. The second kappa shape index (κ2) is 8.80. The molecule has 0 saturated carbocycles. The van der Waals surface area contributed by atoms with E-state index in [2.05, 4.69) is 25.1 Å². The van der Waals surface area contributed by atoms with Crippen LogP contribution in [0.3, 0.4) is 0 Å². The van der Waals surface area contributed by atoms with Crippen LogP contribution in [-0.4, -0.2) is 56.4 Å². The Morgan fingerprint density at radius 2 is 1.85 bits per heavy atom. The summed E-state index contributed by atoms with van der Waals surface area (Å²) in [6.07, 6.45) is 0.907. The van der Waals surface area contributed by atoms with Gasteiger partial charge in [-0.25, -0.2) is 9.37 Å². The molecule has 1 aromatic carbocycles. The van der Waals surface area contributed by atoms with E-state index in [0.29, 0.717) is 18.2 Å². The van der Waals surface area contributed by atoms with Crippen molar-refractivity contribution in [2.75, 3.05) is 61.6 Å². The highest BCUT2D eigenvalue weighted by Crippen LogP contribution is 2.22. The van der Waals surface area contributed by atoms with Crippen LogP contribution >= 0.6 is 0 Å². The smallest absolute Gasteiger partial charge is 0.224 e.